The number of rotatable bonds is 6. The molecular formula is C17H20NO7P2+. The second-order valence-electron chi connectivity index (χ2n) is 5.16. The number of carbonyl (C=O) groups excluding carboxylic acids is 1. The Morgan fingerprint density at radius 1 is 1.15 bits per heavy atom. The van der Waals surface area contributed by atoms with E-state index in [1.807, 2.05) is 19.1 Å². The third kappa shape index (κ3) is 5.51. The Morgan fingerprint density at radius 2 is 1.85 bits per heavy atom. The lowest BCUT2D eigenvalue weighted by Gasteiger charge is -2.18. The van der Waals surface area contributed by atoms with Crippen LogP contribution >= 0.6 is 17.1 Å². The van der Waals surface area contributed by atoms with Crippen molar-refractivity contribution in [2.75, 3.05) is 21.3 Å². The maximum atomic E-state index is 12.0. The van der Waals surface area contributed by atoms with Crippen LogP contribution in [0.3, 0.4) is 0 Å². The van der Waals surface area contributed by atoms with Crippen LogP contribution in [0.1, 0.15) is 27.5 Å². The molecule has 27 heavy (non-hydrogen) atoms. The molecule has 0 radical (unpaired) electrons. The van der Waals surface area contributed by atoms with E-state index in [0.29, 0.717) is 22.8 Å². The van der Waals surface area contributed by atoms with Crippen LogP contribution in [0.25, 0.3) is 0 Å². The number of hydrogen-bond acceptors (Lipinski definition) is 8. The molecule has 0 N–H and O–H groups in total. The van der Waals surface area contributed by atoms with Crippen LogP contribution in [0.2, 0.25) is 0 Å². The van der Waals surface area contributed by atoms with Gasteiger partial charge in [-0.3, -0.25) is 0 Å². The lowest BCUT2D eigenvalue weighted by molar-refractivity contribution is 0.0482. The summed E-state index contributed by atoms with van der Waals surface area (Å²) in [4.78, 5) is 16.2. The summed E-state index contributed by atoms with van der Waals surface area (Å²) in [6.45, 7) is 1.89. The van der Waals surface area contributed by atoms with Gasteiger partial charge in [0, 0.05) is 31.5 Å². The molecule has 144 valence electrons. The van der Waals surface area contributed by atoms with Gasteiger partial charge in [0.15, 0.2) is 5.85 Å². The molecule has 3 rings (SSSR count). The van der Waals surface area contributed by atoms with E-state index in [0.717, 1.165) is 5.69 Å². The van der Waals surface area contributed by atoms with Crippen molar-refractivity contribution in [3.63, 3.8) is 0 Å². The molecule has 2 atom stereocenters. The van der Waals surface area contributed by atoms with Gasteiger partial charge >= 0.3 is 14.7 Å². The van der Waals surface area contributed by atoms with Crippen molar-refractivity contribution in [3.05, 3.63) is 53.2 Å². The van der Waals surface area contributed by atoms with Gasteiger partial charge in [-0.15, -0.1) is 0 Å². The van der Waals surface area contributed by atoms with Gasteiger partial charge in [-0.05, 0) is 35.8 Å². The number of hydrogen-bond donors (Lipinski definition) is 0. The molecule has 0 amide bonds. The maximum Gasteiger partial charge on any atom is 0.493 e. The van der Waals surface area contributed by atoms with E-state index >= 15 is 0 Å². The number of carbonyl (C=O) groups is 1. The summed E-state index contributed by atoms with van der Waals surface area (Å²) in [5, 5.41) is 0. The van der Waals surface area contributed by atoms with Gasteiger partial charge in [0.25, 0.3) is 0 Å². The van der Waals surface area contributed by atoms with E-state index in [1.54, 1.807) is 24.3 Å². The lowest BCUT2D eigenvalue weighted by Crippen LogP contribution is -1.99. The first-order valence-corrected chi connectivity index (χ1v) is 9.84. The monoisotopic (exact) mass is 412 g/mol. The third-order valence-corrected chi connectivity index (χ3v) is 5.10. The highest BCUT2D eigenvalue weighted by molar-refractivity contribution is 7.47. The molecule has 2 unspecified atom stereocenters. The Bertz CT molecular complexity index is 799. The number of benzene rings is 1. The Labute approximate surface area is 160 Å². The Hall–Kier alpha value is -1.95. The molecule has 0 fully saturated rings. The van der Waals surface area contributed by atoms with Crippen LogP contribution in [-0.2, 0) is 22.9 Å². The van der Waals surface area contributed by atoms with Gasteiger partial charge < -0.3 is 18.5 Å². The second-order valence-corrected chi connectivity index (χ2v) is 7.51. The molecule has 0 saturated heterocycles. The van der Waals surface area contributed by atoms with Gasteiger partial charge in [0.2, 0.25) is 14.3 Å². The largest absolute Gasteiger partial charge is 0.493 e. The fourth-order valence-corrected chi connectivity index (χ4v) is 3.50. The number of aryl methyl sites for hydroxylation is 1. The number of ether oxygens (including phenoxy) is 2. The molecule has 1 aromatic heterocycles. The highest BCUT2D eigenvalue weighted by atomic mass is 31.2. The molecule has 2 aromatic rings. The first kappa shape index (κ1) is 21.4. The Balaban J connectivity index is 0.000000596. The van der Waals surface area contributed by atoms with E-state index in [4.69, 9.17) is 23.1 Å². The zero-order valence-electron chi connectivity index (χ0n) is 15.3. The van der Waals surface area contributed by atoms with Crippen molar-refractivity contribution in [1.29, 1.82) is 0 Å². The maximum absolute atomic E-state index is 12.0. The molecule has 0 spiro atoms. The number of fused-ring (bicyclic) bond motifs is 1. The van der Waals surface area contributed by atoms with E-state index in [-0.39, 0.29) is 5.97 Å². The molecule has 1 aliphatic rings. The van der Waals surface area contributed by atoms with E-state index < -0.39 is 22.9 Å². The van der Waals surface area contributed by atoms with Crippen molar-refractivity contribution in [2.45, 2.75) is 12.8 Å². The smallest absolute Gasteiger partial charge is 0.444 e. The normalized spacial score (nSPS) is 15.1. The van der Waals surface area contributed by atoms with E-state index in [1.165, 1.54) is 21.3 Å². The van der Waals surface area contributed by atoms with Crippen LogP contribution in [0.15, 0.2) is 36.4 Å². The van der Waals surface area contributed by atoms with Gasteiger partial charge in [-0.2, -0.15) is 4.52 Å². The van der Waals surface area contributed by atoms with Crippen molar-refractivity contribution in [2.24, 2.45) is 0 Å². The minimum Gasteiger partial charge on any atom is -0.444 e. The summed E-state index contributed by atoms with van der Waals surface area (Å²) in [7, 11) is 2.46. The zero-order chi connectivity index (χ0) is 19.8. The minimum atomic E-state index is -1.36. The van der Waals surface area contributed by atoms with Crippen LogP contribution in [0.4, 0.5) is 0 Å². The van der Waals surface area contributed by atoms with Crippen molar-refractivity contribution in [3.8, 4) is 11.6 Å². The average Bonchev–Trinajstić information content (AvgIpc) is 2.99. The summed E-state index contributed by atoms with van der Waals surface area (Å²) >= 11 is 0. The summed E-state index contributed by atoms with van der Waals surface area (Å²) in [6.07, 6.45) is 0. The average molecular weight is 412 g/mol. The summed E-state index contributed by atoms with van der Waals surface area (Å²) in [5.41, 5.74) is 2.07. The van der Waals surface area contributed by atoms with Crippen molar-refractivity contribution >= 4 is 23.0 Å². The summed E-state index contributed by atoms with van der Waals surface area (Å²) in [6, 6.07) is 10.7. The first-order chi connectivity index (χ1) is 13.0. The minimum absolute atomic E-state index is 0.383. The predicted octanol–water partition coefficient (Wildman–Crippen LogP) is 4.53. The van der Waals surface area contributed by atoms with Crippen LogP contribution in [0.5, 0.6) is 11.6 Å². The SMILES string of the molecule is COP(OC)C1OC(=O)c2ccc(Oc3cccc(C)n3)cc21.CO[PH+]=O. The number of aromatic nitrogens is 1. The Morgan fingerprint density at radius 3 is 2.44 bits per heavy atom. The molecule has 1 aliphatic heterocycles. The number of pyridine rings is 1. The van der Waals surface area contributed by atoms with Crippen molar-refractivity contribution in [1.82, 2.24) is 4.98 Å². The van der Waals surface area contributed by atoms with Gasteiger partial charge in [0.1, 0.15) is 5.75 Å². The number of cyclic esters (lactones) is 1. The fourth-order valence-electron chi connectivity index (χ4n) is 2.34. The molecule has 2 heterocycles. The van der Waals surface area contributed by atoms with Gasteiger partial charge in [-0.1, -0.05) is 6.07 Å². The molecule has 0 aliphatic carbocycles. The molecule has 8 nitrogen and oxygen atoms in total. The topological polar surface area (TPSA) is 93.2 Å². The molecule has 10 heteroatoms. The van der Waals surface area contributed by atoms with Crippen LogP contribution < -0.4 is 4.74 Å². The highest BCUT2D eigenvalue weighted by Gasteiger charge is 2.38. The van der Waals surface area contributed by atoms with Gasteiger partial charge in [0.05, 0.1) is 12.7 Å². The number of nitrogens with zero attached hydrogens (tertiary/aromatic N) is 1. The second kappa shape index (κ2) is 10.4. The van der Waals surface area contributed by atoms with E-state index in [2.05, 4.69) is 9.51 Å². The van der Waals surface area contributed by atoms with Crippen LogP contribution in [0, 0.1) is 6.92 Å². The lowest BCUT2D eigenvalue weighted by atomic mass is 10.1. The van der Waals surface area contributed by atoms with Gasteiger partial charge in [-0.25, -0.2) is 9.78 Å². The zero-order valence-corrected chi connectivity index (χ0v) is 17.2. The highest BCUT2D eigenvalue weighted by Crippen LogP contribution is 2.56. The Kier molecular flexibility index (Phi) is 8.23. The molecule has 0 bridgehead atoms. The fraction of sp³-hybridized carbons (Fsp3) is 0.294. The standard InChI is InChI=1S/C16H16NO5P.CH4O2P/c1-10-5-4-6-14(17-10)21-11-7-8-12-13(9-11)16(22-15(12)18)23(19-2)20-3;1-3-4-2/h4-9,16H,1-3H3;4H,1H3/q;+1. The first-order valence-electron chi connectivity index (χ1n) is 7.78. The molecule has 0 saturated carbocycles. The van der Waals surface area contributed by atoms with E-state index in [9.17, 15) is 4.79 Å². The third-order valence-electron chi connectivity index (χ3n) is 3.45. The van der Waals surface area contributed by atoms with Crippen molar-refractivity contribution < 1.29 is 32.4 Å². The number of esters is 1. The molecular weight excluding hydrogens is 392 g/mol. The predicted molar refractivity (Wildman–Crippen MR) is 101 cm³/mol. The summed E-state index contributed by atoms with van der Waals surface area (Å²) in [5.74, 6) is 0.128. The molecule has 1 aromatic carbocycles. The quantitative estimate of drug-likeness (QED) is 0.505. The van der Waals surface area contributed by atoms with Crippen LogP contribution in [-0.4, -0.2) is 32.3 Å². The summed E-state index contributed by atoms with van der Waals surface area (Å²) < 4.78 is 34.8.